The second-order valence-electron chi connectivity index (χ2n) is 10.5. The van der Waals surface area contributed by atoms with Crippen LogP contribution >= 0.6 is 0 Å². The average molecular weight is 539 g/mol. The molecule has 2 bridgehead atoms. The number of hydrogen-bond donors (Lipinski definition) is 2. The van der Waals surface area contributed by atoms with Crippen molar-refractivity contribution in [3.05, 3.63) is 83.6 Å². The first-order valence-electron chi connectivity index (χ1n) is 13.7. The average Bonchev–Trinajstić information content (AvgIpc) is 2.95. The minimum Gasteiger partial charge on any atom is -0.453 e. The Labute approximate surface area is 234 Å². The molecule has 8 nitrogen and oxygen atoms in total. The summed E-state index contributed by atoms with van der Waals surface area (Å²) in [5.74, 6) is -0.338. The minimum absolute atomic E-state index is 0.00433. The SMILES string of the molecule is COC(=O)Nc1ccc2c(c1)NC(=O)C(C)CCCC(N1CCC(c3ccccc3C)=CC1=O)c1ccnc-2c1. The van der Waals surface area contributed by atoms with E-state index >= 15 is 0 Å². The van der Waals surface area contributed by atoms with Crippen LogP contribution in [0.2, 0.25) is 0 Å². The van der Waals surface area contributed by atoms with Crippen LogP contribution in [0.4, 0.5) is 16.2 Å². The highest BCUT2D eigenvalue weighted by atomic mass is 16.5. The fourth-order valence-corrected chi connectivity index (χ4v) is 5.54. The number of methoxy groups -OCH3 is 1. The molecular formula is C32H34N4O4. The summed E-state index contributed by atoms with van der Waals surface area (Å²) in [6.45, 7) is 4.60. The van der Waals surface area contributed by atoms with Gasteiger partial charge in [-0.3, -0.25) is 19.9 Å². The maximum Gasteiger partial charge on any atom is 0.411 e. The molecule has 0 radical (unpaired) electrons. The molecular weight excluding hydrogens is 504 g/mol. The Balaban J connectivity index is 1.52. The van der Waals surface area contributed by atoms with E-state index in [1.807, 2.05) is 42.2 Å². The summed E-state index contributed by atoms with van der Waals surface area (Å²) >= 11 is 0. The molecule has 0 saturated heterocycles. The van der Waals surface area contributed by atoms with E-state index in [0.717, 1.165) is 47.1 Å². The summed E-state index contributed by atoms with van der Waals surface area (Å²) < 4.78 is 4.71. The Morgan fingerprint density at radius 2 is 1.90 bits per heavy atom. The normalized spacial score (nSPS) is 19.4. The molecule has 2 N–H and O–H groups in total. The van der Waals surface area contributed by atoms with Gasteiger partial charge in [0.25, 0.3) is 0 Å². The predicted octanol–water partition coefficient (Wildman–Crippen LogP) is 6.35. The lowest BCUT2D eigenvalue weighted by molar-refractivity contribution is -0.129. The smallest absolute Gasteiger partial charge is 0.411 e. The van der Waals surface area contributed by atoms with Crippen molar-refractivity contribution in [1.82, 2.24) is 9.88 Å². The molecule has 2 aliphatic rings. The second-order valence-corrected chi connectivity index (χ2v) is 10.5. The Kier molecular flexibility index (Phi) is 7.96. The number of anilines is 2. The molecule has 0 spiro atoms. The standard InChI is InChI=1S/C32H34N4O4/c1-20-7-4-5-9-25(20)22-14-16-36(30(37)18-22)29-10-6-8-21(2)31(38)35-28-19-24(34-32(39)40-3)11-12-26(28)27-17-23(29)13-15-33-27/h4-5,7,9,11-13,15,17-19,21,29H,6,8,10,14,16H2,1-3H3,(H,34,39)(H,35,38). The first-order valence-corrected chi connectivity index (χ1v) is 13.7. The summed E-state index contributed by atoms with van der Waals surface area (Å²) in [5, 5.41) is 5.68. The van der Waals surface area contributed by atoms with E-state index < -0.39 is 6.09 Å². The van der Waals surface area contributed by atoms with E-state index in [9.17, 15) is 14.4 Å². The third-order valence-electron chi connectivity index (χ3n) is 7.79. The molecule has 5 rings (SSSR count). The number of aryl methyl sites for hydroxylation is 1. The van der Waals surface area contributed by atoms with Gasteiger partial charge >= 0.3 is 6.09 Å². The summed E-state index contributed by atoms with van der Waals surface area (Å²) in [5.41, 5.74) is 6.81. The first-order chi connectivity index (χ1) is 19.3. The van der Waals surface area contributed by atoms with E-state index in [0.29, 0.717) is 30.0 Å². The van der Waals surface area contributed by atoms with Gasteiger partial charge in [-0.15, -0.1) is 0 Å². The molecule has 3 heterocycles. The number of hydrogen-bond acceptors (Lipinski definition) is 5. The molecule has 3 aromatic rings. The summed E-state index contributed by atoms with van der Waals surface area (Å²) in [6, 6.07) is 17.3. The third-order valence-corrected chi connectivity index (χ3v) is 7.79. The van der Waals surface area contributed by atoms with Gasteiger partial charge in [0, 0.05) is 36.0 Å². The second kappa shape index (κ2) is 11.7. The summed E-state index contributed by atoms with van der Waals surface area (Å²) in [4.78, 5) is 45.0. The zero-order valence-electron chi connectivity index (χ0n) is 23.1. The van der Waals surface area contributed by atoms with Crippen LogP contribution in [-0.2, 0) is 14.3 Å². The number of carbonyl (C=O) groups excluding carboxylic acids is 3. The molecule has 2 unspecified atom stereocenters. The molecule has 206 valence electrons. The van der Waals surface area contributed by atoms with Crippen LogP contribution in [0.15, 0.2) is 66.9 Å². The topological polar surface area (TPSA) is 101 Å². The third kappa shape index (κ3) is 5.76. The van der Waals surface area contributed by atoms with E-state index in [2.05, 4.69) is 34.7 Å². The Morgan fingerprint density at radius 1 is 1.07 bits per heavy atom. The molecule has 0 aliphatic carbocycles. The fourth-order valence-electron chi connectivity index (χ4n) is 5.54. The van der Waals surface area contributed by atoms with Gasteiger partial charge in [0.15, 0.2) is 0 Å². The number of rotatable bonds is 3. The van der Waals surface area contributed by atoms with Gasteiger partial charge in [-0.05, 0) is 78.8 Å². The van der Waals surface area contributed by atoms with Crippen molar-refractivity contribution in [3.8, 4) is 11.3 Å². The number of aromatic nitrogens is 1. The largest absolute Gasteiger partial charge is 0.453 e. The number of carbonyl (C=O) groups is 3. The van der Waals surface area contributed by atoms with Gasteiger partial charge in [0.1, 0.15) is 0 Å². The highest BCUT2D eigenvalue weighted by Crippen LogP contribution is 2.37. The van der Waals surface area contributed by atoms with E-state index in [-0.39, 0.29) is 23.8 Å². The number of benzene rings is 2. The molecule has 3 amide bonds. The maximum absolute atomic E-state index is 13.5. The molecule has 40 heavy (non-hydrogen) atoms. The fraction of sp³-hybridized carbons (Fsp3) is 0.312. The number of nitrogens with one attached hydrogen (secondary N) is 2. The first kappa shape index (κ1) is 27.1. The molecule has 2 atom stereocenters. The Bertz CT molecular complexity index is 1480. The number of amides is 3. The van der Waals surface area contributed by atoms with Gasteiger partial charge in [-0.25, -0.2) is 4.79 Å². The van der Waals surface area contributed by atoms with Crippen molar-refractivity contribution < 1.29 is 19.1 Å². The Morgan fingerprint density at radius 3 is 2.67 bits per heavy atom. The van der Waals surface area contributed by atoms with Crippen LogP contribution in [0.1, 0.15) is 55.3 Å². The van der Waals surface area contributed by atoms with Crippen LogP contribution in [0.3, 0.4) is 0 Å². The molecule has 2 aromatic carbocycles. The highest BCUT2D eigenvalue weighted by Gasteiger charge is 2.29. The Hall–Kier alpha value is -4.46. The van der Waals surface area contributed by atoms with Gasteiger partial charge in [-0.1, -0.05) is 37.6 Å². The van der Waals surface area contributed by atoms with Gasteiger partial charge in [0.2, 0.25) is 11.8 Å². The van der Waals surface area contributed by atoms with Crippen LogP contribution < -0.4 is 10.6 Å². The summed E-state index contributed by atoms with van der Waals surface area (Å²) in [7, 11) is 1.30. The predicted molar refractivity (Wildman–Crippen MR) is 156 cm³/mol. The van der Waals surface area contributed by atoms with Gasteiger partial charge < -0.3 is 15.0 Å². The van der Waals surface area contributed by atoms with E-state index in [1.165, 1.54) is 7.11 Å². The van der Waals surface area contributed by atoms with Crippen molar-refractivity contribution in [2.45, 2.75) is 45.6 Å². The molecule has 2 aliphatic heterocycles. The lowest BCUT2D eigenvalue weighted by Gasteiger charge is -2.35. The molecule has 8 heteroatoms. The van der Waals surface area contributed by atoms with Crippen molar-refractivity contribution >= 4 is 34.9 Å². The van der Waals surface area contributed by atoms with Crippen LogP contribution in [0.5, 0.6) is 0 Å². The van der Waals surface area contributed by atoms with Gasteiger partial charge in [0.05, 0.1) is 24.5 Å². The monoisotopic (exact) mass is 538 g/mol. The van der Waals surface area contributed by atoms with Crippen LogP contribution in [0, 0.1) is 12.8 Å². The van der Waals surface area contributed by atoms with Gasteiger partial charge in [-0.2, -0.15) is 0 Å². The minimum atomic E-state index is -0.596. The zero-order valence-corrected chi connectivity index (χ0v) is 23.1. The molecule has 0 saturated carbocycles. The number of nitrogens with zero attached hydrogens (tertiary/aromatic N) is 2. The number of fused-ring (bicyclic) bond motifs is 4. The molecule has 1 aromatic heterocycles. The van der Waals surface area contributed by atoms with Crippen molar-refractivity contribution in [2.24, 2.45) is 5.92 Å². The van der Waals surface area contributed by atoms with Crippen molar-refractivity contribution in [3.63, 3.8) is 0 Å². The van der Waals surface area contributed by atoms with E-state index in [4.69, 9.17) is 4.74 Å². The number of ether oxygens (including phenoxy) is 1. The van der Waals surface area contributed by atoms with Crippen LogP contribution in [-0.4, -0.2) is 41.4 Å². The lowest BCUT2D eigenvalue weighted by Crippen LogP contribution is -2.37. The quantitative estimate of drug-likeness (QED) is 0.405. The van der Waals surface area contributed by atoms with Crippen LogP contribution in [0.25, 0.3) is 16.8 Å². The zero-order chi connectivity index (χ0) is 28.2. The summed E-state index contributed by atoms with van der Waals surface area (Å²) in [6.07, 6.45) is 5.93. The maximum atomic E-state index is 13.5. The molecule has 0 fully saturated rings. The van der Waals surface area contributed by atoms with Crippen molar-refractivity contribution in [2.75, 3.05) is 24.3 Å². The van der Waals surface area contributed by atoms with E-state index in [1.54, 1.807) is 24.4 Å². The number of pyridine rings is 1. The van der Waals surface area contributed by atoms with Crippen molar-refractivity contribution in [1.29, 1.82) is 0 Å². The lowest BCUT2D eigenvalue weighted by atomic mass is 9.91. The highest BCUT2D eigenvalue weighted by molar-refractivity contribution is 5.99.